The average Bonchev–Trinajstić information content (AvgIpc) is 3.06. The van der Waals surface area contributed by atoms with E-state index in [1.54, 1.807) is 18.2 Å². The first-order valence-corrected chi connectivity index (χ1v) is 10.3. The molecule has 31 heavy (non-hydrogen) atoms. The maximum absolute atomic E-state index is 14.7. The molecule has 1 fully saturated rings. The molecule has 10 heteroatoms. The molecule has 0 radical (unpaired) electrons. The Bertz CT molecular complexity index is 1130. The van der Waals surface area contributed by atoms with E-state index in [0.29, 0.717) is 23.1 Å². The highest BCUT2D eigenvalue weighted by Crippen LogP contribution is 2.28. The minimum atomic E-state index is -0.819. The number of nitrogens with zero attached hydrogens (tertiary/aromatic N) is 3. The number of aryl methyl sites for hydroxylation is 1. The zero-order valence-corrected chi connectivity index (χ0v) is 17.2. The standard InChI is InChI=1S/C21H25F2N7O/c1-2-30-17-9-11(7-8-12(17)18(23)29-30)26-20-13(19(25)31)10-14(22)21(28-20)27-16-6-4-3-5-15(16)24/h7-10,15-16H,2-6,24H2,1H3,(H2,25,31)(H2,26,27,28)/t15-,16+/m0/s1. The summed E-state index contributed by atoms with van der Waals surface area (Å²) >= 11 is 0. The van der Waals surface area contributed by atoms with Crippen molar-refractivity contribution in [3.05, 3.63) is 41.6 Å². The molecule has 2 aromatic heterocycles. The largest absolute Gasteiger partial charge is 0.365 e. The summed E-state index contributed by atoms with van der Waals surface area (Å²) in [6.07, 6.45) is 3.70. The summed E-state index contributed by atoms with van der Waals surface area (Å²) in [6, 6.07) is 5.75. The molecular formula is C21H25F2N7O. The van der Waals surface area contributed by atoms with E-state index >= 15 is 0 Å². The average molecular weight is 429 g/mol. The smallest absolute Gasteiger partial charge is 0.252 e. The number of aromatic nitrogens is 3. The lowest BCUT2D eigenvalue weighted by atomic mass is 9.91. The molecule has 1 saturated carbocycles. The summed E-state index contributed by atoms with van der Waals surface area (Å²) in [5.41, 5.74) is 12.6. The highest BCUT2D eigenvalue weighted by molar-refractivity contribution is 5.99. The second-order valence-electron chi connectivity index (χ2n) is 7.74. The van der Waals surface area contributed by atoms with Crippen molar-refractivity contribution in [2.75, 3.05) is 10.6 Å². The Kier molecular flexibility index (Phi) is 5.73. The van der Waals surface area contributed by atoms with Crippen LogP contribution >= 0.6 is 0 Å². The lowest BCUT2D eigenvalue weighted by Crippen LogP contribution is -2.43. The second-order valence-corrected chi connectivity index (χ2v) is 7.74. The number of carbonyl (C=O) groups is 1. The van der Waals surface area contributed by atoms with Crippen LogP contribution in [0.25, 0.3) is 10.9 Å². The third-order valence-electron chi connectivity index (χ3n) is 5.65. The van der Waals surface area contributed by atoms with Crippen LogP contribution in [0.3, 0.4) is 0 Å². The normalized spacial score (nSPS) is 18.8. The van der Waals surface area contributed by atoms with Crippen LogP contribution in [0.1, 0.15) is 43.0 Å². The monoisotopic (exact) mass is 429 g/mol. The zero-order chi connectivity index (χ0) is 22.1. The van der Waals surface area contributed by atoms with Crippen LogP contribution in [-0.4, -0.2) is 32.8 Å². The zero-order valence-electron chi connectivity index (χ0n) is 17.2. The number of amides is 1. The Labute approximate surface area is 178 Å². The maximum atomic E-state index is 14.7. The Balaban J connectivity index is 1.69. The molecule has 1 aliphatic carbocycles. The molecule has 2 heterocycles. The van der Waals surface area contributed by atoms with Gasteiger partial charge in [-0.2, -0.15) is 4.39 Å². The van der Waals surface area contributed by atoms with Crippen molar-refractivity contribution in [3.63, 3.8) is 0 Å². The summed E-state index contributed by atoms with van der Waals surface area (Å²) in [4.78, 5) is 16.2. The number of primary amides is 1. The van der Waals surface area contributed by atoms with Gasteiger partial charge in [0.25, 0.3) is 5.91 Å². The Morgan fingerprint density at radius 3 is 2.71 bits per heavy atom. The number of nitrogens with two attached hydrogens (primary N) is 2. The fourth-order valence-electron chi connectivity index (χ4n) is 3.98. The van der Waals surface area contributed by atoms with Gasteiger partial charge >= 0.3 is 0 Å². The van der Waals surface area contributed by atoms with Crippen LogP contribution < -0.4 is 22.1 Å². The van der Waals surface area contributed by atoms with Gasteiger partial charge < -0.3 is 22.1 Å². The molecule has 3 aromatic rings. The predicted octanol–water partition coefficient (Wildman–Crippen LogP) is 3.25. The van der Waals surface area contributed by atoms with E-state index in [-0.39, 0.29) is 29.3 Å². The van der Waals surface area contributed by atoms with Gasteiger partial charge in [-0.15, -0.1) is 5.10 Å². The molecule has 1 aromatic carbocycles. The van der Waals surface area contributed by atoms with Crippen LogP contribution in [0.15, 0.2) is 24.3 Å². The number of pyridine rings is 1. The van der Waals surface area contributed by atoms with Gasteiger partial charge in [0.15, 0.2) is 11.6 Å². The molecule has 2 atom stereocenters. The fourth-order valence-corrected chi connectivity index (χ4v) is 3.98. The number of rotatable bonds is 6. The molecule has 1 aliphatic rings. The summed E-state index contributed by atoms with van der Waals surface area (Å²) in [7, 11) is 0. The first-order chi connectivity index (χ1) is 14.9. The predicted molar refractivity (Wildman–Crippen MR) is 115 cm³/mol. The van der Waals surface area contributed by atoms with Gasteiger partial charge in [0.1, 0.15) is 5.82 Å². The lowest BCUT2D eigenvalue weighted by molar-refractivity contribution is 0.100. The minimum Gasteiger partial charge on any atom is -0.365 e. The third kappa shape index (κ3) is 4.15. The van der Waals surface area contributed by atoms with Gasteiger partial charge in [-0.1, -0.05) is 12.8 Å². The Morgan fingerprint density at radius 2 is 2.00 bits per heavy atom. The van der Waals surface area contributed by atoms with Gasteiger partial charge in [0, 0.05) is 24.3 Å². The maximum Gasteiger partial charge on any atom is 0.252 e. The molecule has 0 bridgehead atoms. The number of carbonyl (C=O) groups excluding carboxylic acids is 1. The van der Waals surface area contributed by atoms with E-state index in [1.165, 1.54) is 4.68 Å². The van der Waals surface area contributed by atoms with Crippen LogP contribution in [0.4, 0.5) is 26.1 Å². The number of hydrogen-bond donors (Lipinski definition) is 4. The van der Waals surface area contributed by atoms with Crippen LogP contribution in [0, 0.1) is 11.8 Å². The summed E-state index contributed by atoms with van der Waals surface area (Å²) in [5, 5.41) is 10.3. The molecule has 0 saturated heterocycles. The quantitative estimate of drug-likeness (QED) is 0.477. The van der Waals surface area contributed by atoms with Gasteiger partial charge in [-0.3, -0.25) is 9.48 Å². The van der Waals surface area contributed by atoms with Crippen LogP contribution in [0.2, 0.25) is 0 Å². The van der Waals surface area contributed by atoms with Crippen LogP contribution in [0.5, 0.6) is 0 Å². The van der Waals surface area contributed by atoms with Gasteiger partial charge in [0.2, 0.25) is 5.95 Å². The van der Waals surface area contributed by atoms with E-state index in [1.807, 2.05) is 6.92 Å². The van der Waals surface area contributed by atoms with Gasteiger partial charge in [-0.05, 0) is 44.0 Å². The van der Waals surface area contributed by atoms with Crippen molar-refractivity contribution in [1.82, 2.24) is 14.8 Å². The molecule has 0 aliphatic heterocycles. The number of halogens is 2. The van der Waals surface area contributed by atoms with E-state index in [0.717, 1.165) is 31.7 Å². The number of anilines is 3. The third-order valence-corrected chi connectivity index (χ3v) is 5.65. The molecule has 0 spiro atoms. The lowest BCUT2D eigenvalue weighted by Gasteiger charge is -2.30. The number of fused-ring (bicyclic) bond motifs is 1. The Morgan fingerprint density at radius 1 is 1.23 bits per heavy atom. The van der Waals surface area contributed by atoms with E-state index < -0.39 is 17.7 Å². The van der Waals surface area contributed by atoms with Crippen molar-refractivity contribution in [1.29, 1.82) is 0 Å². The van der Waals surface area contributed by atoms with Gasteiger partial charge in [0.05, 0.1) is 16.5 Å². The summed E-state index contributed by atoms with van der Waals surface area (Å²) in [5.74, 6) is -1.96. The Hall–Kier alpha value is -3.27. The molecule has 1 amide bonds. The number of hydrogen-bond acceptors (Lipinski definition) is 6. The second kappa shape index (κ2) is 8.46. The summed E-state index contributed by atoms with van der Waals surface area (Å²) in [6.45, 7) is 2.34. The van der Waals surface area contributed by atoms with E-state index in [9.17, 15) is 13.6 Å². The molecule has 0 unspecified atom stereocenters. The SMILES string of the molecule is CCn1nc(F)c2ccc(Nc3nc(N[C@@H]4CCCC[C@@H]4N)c(F)cc3C(N)=O)cc21. The highest BCUT2D eigenvalue weighted by Gasteiger charge is 2.24. The molecular weight excluding hydrogens is 404 g/mol. The highest BCUT2D eigenvalue weighted by atomic mass is 19.1. The van der Waals surface area contributed by atoms with Crippen molar-refractivity contribution in [3.8, 4) is 0 Å². The van der Waals surface area contributed by atoms with Gasteiger partial charge in [-0.25, -0.2) is 9.37 Å². The molecule has 4 rings (SSSR count). The van der Waals surface area contributed by atoms with Crippen molar-refractivity contribution >= 4 is 34.1 Å². The van der Waals surface area contributed by atoms with Crippen LogP contribution in [-0.2, 0) is 6.54 Å². The minimum absolute atomic E-state index is 0.000530. The fraction of sp³-hybridized carbons (Fsp3) is 0.381. The molecule has 164 valence electrons. The van der Waals surface area contributed by atoms with E-state index in [2.05, 4.69) is 20.7 Å². The molecule has 6 N–H and O–H groups in total. The number of benzene rings is 1. The molecule has 8 nitrogen and oxygen atoms in total. The first-order valence-electron chi connectivity index (χ1n) is 10.3. The van der Waals surface area contributed by atoms with Crippen molar-refractivity contribution in [2.45, 2.75) is 51.2 Å². The van der Waals surface area contributed by atoms with E-state index in [4.69, 9.17) is 11.5 Å². The summed E-state index contributed by atoms with van der Waals surface area (Å²) < 4.78 is 30.2. The topological polar surface area (TPSA) is 124 Å². The number of nitrogens with one attached hydrogen (secondary N) is 2. The first kappa shape index (κ1) is 21.0. The van der Waals surface area contributed by atoms with Crippen molar-refractivity contribution in [2.24, 2.45) is 11.5 Å². The van der Waals surface area contributed by atoms with Crippen molar-refractivity contribution < 1.29 is 13.6 Å².